The molecular weight excluding hydrogens is 617 g/mol. The maximum Gasteiger partial charge on any atom is 0.264 e. The molecule has 1 N–H and O–H groups in total. The van der Waals surface area contributed by atoms with Crippen molar-refractivity contribution in [1.29, 1.82) is 0 Å². The average Bonchev–Trinajstić information content (AvgIpc) is 2.95. The van der Waals surface area contributed by atoms with Crippen molar-refractivity contribution in [3.63, 3.8) is 0 Å². The van der Waals surface area contributed by atoms with Gasteiger partial charge in [0.15, 0.2) is 0 Å². The molecule has 3 aromatic carbocycles. The third-order valence-corrected chi connectivity index (χ3v) is 9.84. The highest BCUT2D eigenvalue weighted by molar-refractivity contribution is 7.92. The van der Waals surface area contributed by atoms with Crippen molar-refractivity contribution in [3.8, 4) is 0 Å². The molecule has 0 bridgehead atoms. The van der Waals surface area contributed by atoms with Gasteiger partial charge in [0.2, 0.25) is 11.8 Å². The molecule has 0 saturated heterocycles. The van der Waals surface area contributed by atoms with Gasteiger partial charge in [-0.3, -0.25) is 13.9 Å². The monoisotopic (exact) mass is 651 g/mol. The number of halogens is 3. The Labute approximate surface area is 263 Å². The Bertz CT molecular complexity index is 1490. The van der Waals surface area contributed by atoms with Crippen molar-refractivity contribution in [2.24, 2.45) is 0 Å². The van der Waals surface area contributed by atoms with Gasteiger partial charge in [-0.2, -0.15) is 0 Å². The first kappa shape index (κ1) is 33.7. The Morgan fingerprint density at radius 3 is 2.12 bits per heavy atom. The van der Waals surface area contributed by atoms with Crippen LogP contribution in [0.15, 0.2) is 65.6 Å². The van der Waals surface area contributed by atoms with Crippen molar-refractivity contribution in [2.75, 3.05) is 17.4 Å². The van der Waals surface area contributed by atoms with Crippen molar-refractivity contribution >= 4 is 62.3 Å². The lowest BCUT2D eigenvalue weighted by atomic mass is 10.1. The van der Waals surface area contributed by atoms with Gasteiger partial charge in [0.25, 0.3) is 10.0 Å². The molecular formula is C31H36Cl3N3O4S. The summed E-state index contributed by atoms with van der Waals surface area (Å²) in [6, 6.07) is 15.3. The van der Waals surface area contributed by atoms with Crippen molar-refractivity contribution in [2.45, 2.75) is 64.4 Å². The second-order valence-corrected chi connectivity index (χ2v) is 13.1. The summed E-state index contributed by atoms with van der Waals surface area (Å²) in [6.45, 7) is 7.23. The number of rotatable bonds is 13. The van der Waals surface area contributed by atoms with Crippen LogP contribution in [0.4, 0.5) is 5.69 Å². The normalized spacial score (nSPS) is 12.1. The van der Waals surface area contributed by atoms with Crippen LogP contribution in [0.1, 0.15) is 49.8 Å². The van der Waals surface area contributed by atoms with Crippen LogP contribution in [0, 0.1) is 13.8 Å². The number of nitrogens with zero attached hydrogens (tertiary/aromatic N) is 2. The Hall–Kier alpha value is -2.78. The number of carbonyl (C=O) groups is 2. The van der Waals surface area contributed by atoms with Gasteiger partial charge in [0, 0.05) is 33.7 Å². The molecule has 226 valence electrons. The SMILES string of the molecule is CCCCNC(=O)C(CC)N(Cc1c(Cl)cccc1Cl)C(=O)CN(c1ccc(C)c(Cl)c1)S(=O)(=O)c1ccc(C)cc1. The van der Waals surface area contributed by atoms with E-state index in [0.29, 0.717) is 27.2 Å². The van der Waals surface area contributed by atoms with Crippen molar-refractivity contribution in [3.05, 3.63) is 92.4 Å². The molecule has 42 heavy (non-hydrogen) atoms. The first-order chi connectivity index (χ1) is 19.9. The summed E-state index contributed by atoms with van der Waals surface area (Å²) in [5.74, 6) is -0.940. The average molecular weight is 653 g/mol. The molecule has 0 aliphatic heterocycles. The van der Waals surface area contributed by atoms with E-state index in [-0.39, 0.29) is 29.5 Å². The van der Waals surface area contributed by atoms with Crippen LogP contribution in [0.5, 0.6) is 0 Å². The molecule has 0 spiro atoms. The van der Waals surface area contributed by atoms with Crippen LogP contribution in [0.3, 0.4) is 0 Å². The van der Waals surface area contributed by atoms with Crippen LogP contribution in [-0.2, 0) is 26.2 Å². The van der Waals surface area contributed by atoms with E-state index in [1.165, 1.54) is 23.1 Å². The first-order valence-electron chi connectivity index (χ1n) is 13.8. The van der Waals surface area contributed by atoms with E-state index in [1.807, 2.05) is 13.8 Å². The van der Waals surface area contributed by atoms with Crippen molar-refractivity contribution in [1.82, 2.24) is 10.2 Å². The quantitative estimate of drug-likeness (QED) is 0.198. The number of benzene rings is 3. The maximum absolute atomic E-state index is 14.2. The number of hydrogen-bond acceptors (Lipinski definition) is 4. The lowest BCUT2D eigenvalue weighted by Gasteiger charge is -2.33. The van der Waals surface area contributed by atoms with Gasteiger partial charge in [-0.25, -0.2) is 8.42 Å². The molecule has 1 unspecified atom stereocenters. The molecule has 11 heteroatoms. The van der Waals surface area contributed by atoms with Gasteiger partial charge in [-0.15, -0.1) is 0 Å². The van der Waals surface area contributed by atoms with Crippen LogP contribution in [0.2, 0.25) is 15.1 Å². The van der Waals surface area contributed by atoms with E-state index in [4.69, 9.17) is 34.8 Å². The molecule has 0 aliphatic carbocycles. The van der Waals surface area contributed by atoms with Crippen LogP contribution in [0.25, 0.3) is 0 Å². The van der Waals surface area contributed by atoms with Gasteiger partial charge >= 0.3 is 0 Å². The zero-order valence-electron chi connectivity index (χ0n) is 24.2. The number of amides is 2. The number of anilines is 1. The summed E-state index contributed by atoms with van der Waals surface area (Å²) >= 11 is 19.3. The van der Waals surface area contributed by atoms with E-state index >= 15 is 0 Å². The summed E-state index contributed by atoms with van der Waals surface area (Å²) < 4.78 is 29.0. The largest absolute Gasteiger partial charge is 0.354 e. The van der Waals surface area contributed by atoms with Crippen LogP contribution >= 0.6 is 34.8 Å². The maximum atomic E-state index is 14.2. The number of hydrogen-bond donors (Lipinski definition) is 1. The second-order valence-electron chi connectivity index (χ2n) is 10.0. The predicted octanol–water partition coefficient (Wildman–Crippen LogP) is 7.18. The summed E-state index contributed by atoms with van der Waals surface area (Å²) in [4.78, 5) is 28.9. The lowest BCUT2D eigenvalue weighted by Crippen LogP contribution is -2.52. The number of aryl methyl sites for hydroxylation is 2. The number of nitrogens with one attached hydrogen (secondary N) is 1. The fourth-order valence-corrected chi connectivity index (χ4v) is 6.48. The Morgan fingerprint density at radius 1 is 0.905 bits per heavy atom. The fourth-order valence-electron chi connectivity index (χ4n) is 4.38. The van der Waals surface area contributed by atoms with E-state index in [1.54, 1.807) is 56.3 Å². The van der Waals surface area contributed by atoms with Crippen LogP contribution < -0.4 is 9.62 Å². The molecule has 0 heterocycles. The van der Waals surface area contributed by atoms with Crippen LogP contribution in [-0.4, -0.2) is 44.3 Å². The number of carbonyl (C=O) groups excluding carboxylic acids is 2. The minimum Gasteiger partial charge on any atom is -0.354 e. The molecule has 0 radical (unpaired) electrons. The minimum atomic E-state index is -4.21. The molecule has 3 aromatic rings. The Balaban J connectivity index is 2.10. The first-order valence-corrected chi connectivity index (χ1v) is 16.3. The summed E-state index contributed by atoms with van der Waals surface area (Å²) in [7, 11) is -4.21. The standard InChI is InChI=1S/C31H36Cl3N3O4S/c1-5-7-17-35-31(39)29(6-2)36(19-25-26(32)9-8-10-27(25)33)30(38)20-37(23-14-13-22(4)28(34)18-23)42(40,41)24-15-11-21(3)12-16-24/h8-16,18,29H,5-7,17,19-20H2,1-4H3,(H,35,39). The molecule has 0 saturated carbocycles. The molecule has 0 aromatic heterocycles. The zero-order valence-corrected chi connectivity index (χ0v) is 27.2. The number of sulfonamides is 1. The van der Waals surface area contributed by atoms with Gasteiger partial charge < -0.3 is 10.2 Å². The zero-order chi connectivity index (χ0) is 31.0. The number of unbranched alkanes of at least 4 members (excludes halogenated alkanes) is 1. The summed E-state index contributed by atoms with van der Waals surface area (Å²) in [6.07, 6.45) is 1.95. The summed E-state index contributed by atoms with van der Waals surface area (Å²) in [5.41, 5.74) is 2.32. The van der Waals surface area contributed by atoms with Gasteiger partial charge in [-0.1, -0.05) is 84.9 Å². The van der Waals surface area contributed by atoms with E-state index in [2.05, 4.69) is 5.32 Å². The van der Waals surface area contributed by atoms with E-state index in [9.17, 15) is 18.0 Å². The molecule has 7 nitrogen and oxygen atoms in total. The highest BCUT2D eigenvalue weighted by Gasteiger charge is 2.34. The van der Waals surface area contributed by atoms with E-state index < -0.39 is 28.5 Å². The smallest absolute Gasteiger partial charge is 0.264 e. The van der Waals surface area contributed by atoms with Crippen molar-refractivity contribution < 1.29 is 18.0 Å². The molecule has 1 atom stereocenters. The second kappa shape index (κ2) is 15.1. The Morgan fingerprint density at radius 2 is 1.55 bits per heavy atom. The third kappa shape index (κ3) is 8.19. The summed E-state index contributed by atoms with van der Waals surface area (Å²) in [5, 5.41) is 3.91. The molecule has 3 rings (SSSR count). The van der Waals surface area contributed by atoms with Gasteiger partial charge in [0.05, 0.1) is 10.6 Å². The highest BCUT2D eigenvalue weighted by atomic mass is 35.5. The fraction of sp³-hybridized carbons (Fsp3) is 0.355. The van der Waals surface area contributed by atoms with Gasteiger partial charge in [0.1, 0.15) is 12.6 Å². The van der Waals surface area contributed by atoms with E-state index in [0.717, 1.165) is 28.3 Å². The molecule has 0 aliphatic rings. The topological polar surface area (TPSA) is 86.8 Å². The molecule has 2 amide bonds. The van der Waals surface area contributed by atoms with Gasteiger partial charge in [-0.05, 0) is 68.7 Å². The minimum absolute atomic E-state index is 0.0163. The highest BCUT2D eigenvalue weighted by Crippen LogP contribution is 2.30. The predicted molar refractivity (Wildman–Crippen MR) is 171 cm³/mol. The Kier molecular flexibility index (Phi) is 12.1. The molecule has 0 fully saturated rings. The third-order valence-electron chi connectivity index (χ3n) is 6.94. The lowest BCUT2D eigenvalue weighted by molar-refractivity contribution is -0.140.